The van der Waals surface area contributed by atoms with E-state index in [4.69, 9.17) is 0 Å². The van der Waals surface area contributed by atoms with E-state index in [0.717, 1.165) is 65.7 Å². The number of nitrogens with one attached hydrogen (secondary N) is 2. The Labute approximate surface area is 238 Å². The SMILES string of the molecule is Cn1cnc(-c2ccccc2)c1-c1cc2cncnc2[nH]1.c1ccc(-c2nc[nH]c2-c2cc3ncncc3s2)cc1. The molecule has 6 aromatic heterocycles. The number of fused-ring (bicyclic) bond motifs is 2. The number of thiophene rings is 1. The summed E-state index contributed by atoms with van der Waals surface area (Å²) in [6.45, 7) is 0. The van der Waals surface area contributed by atoms with Crippen LogP contribution in [0.2, 0.25) is 0 Å². The molecule has 2 N–H and O–H groups in total. The molecule has 0 bridgehead atoms. The van der Waals surface area contributed by atoms with E-state index in [0.29, 0.717) is 0 Å². The smallest absolute Gasteiger partial charge is 0.141 e. The highest BCUT2D eigenvalue weighted by molar-refractivity contribution is 7.22. The average Bonchev–Trinajstić information content (AvgIpc) is 3.82. The minimum absolute atomic E-state index is 0.834. The van der Waals surface area contributed by atoms with Gasteiger partial charge in [-0.25, -0.2) is 29.9 Å². The van der Waals surface area contributed by atoms with Crippen molar-refractivity contribution in [3.8, 4) is 44.5 Å². The Morgan fingerprint density at radius 1 is 0.756 bits per heavy atom. The summed E-state index contributed by atoms with van der Waals surface area (Å²) in [6.07, 6.45) is 10.3. The second kappa shape index (κ2) is 10.6. The number of benzene rings is 2. The molecule has 8 aromatic rings. The summed E-state index contributed by atoms with van der Waals surface area (Å²) in [5.41, 5.74) is 8.98. The Hall–Kier alpha value is -5.48. The van der Waals surface area contributed by atoms with Gasteiger partial charge >= 0.3 is 0 Å². The molecule has 0 saturated heterocycles. The molecule has 0 aliphatic rings. The summed E-state index contributed by atoms with van der Waals surface area (Å²) >= 11 is 1.67. The van der Waals surface area contributed by atoms with Crippen LogP contribution in [0.3, 0.4) is 0 Å². The van der Waals surface area contributed by atoms with Gasteiger partial charge in [-0.3, -0.25) is 0 Å². The number of aromatic nitrogens is 9. The minimum Gasteiger partial charge on any atom is -0.343 e. The van der Waals surface area contributed by atoms with E-state index in [1.165, 1.54) is 0 Å². The van der Waals surface area contributed by atoms with Gasteiger partial charge in [-0.15, -0.1) is 11.3 Å². The first-order valence-corrected chi connectivity index (χ1v) is 13.7. The second-order valence-electron chi connectivity index (χ2n) is 9.30. The van der Waals surface area contributed by atoms with Crippen molar-refractivity contribution in [2.45, 2.75) is 0 Å². The van der Waals surface area contributed by atoms with E-state index >= 15 is 0 Å². The van der Waals surface area contributed by atoms with Gasteiger partial charge in [0, 0.05) is 36.0 Å². The Morgan fingerprint density at radius 3 is 2.24 bits per heavy atom. The number of nitrogens with zero attached hydrogens (tertiary/aromatic N) is 7. The maximum Gasteiger partial charge on any atom is 0.141 e. The summed E-state index contributed by atoms with van der Waals surface area (Å²) < 4.78 is 3.09. The molecule has 0 spiro atoms. The molecule has 10 heteroatoms. The molecule has 2 aromatic carbocycles. The summed E-state index contributed by atoms with van der Waals surface area (Å²) in [5.74, 6) is 0. The lowest BCUT2D eigenvalue weighted by Gasteiger charge is -2.04. The largest absolute Gasteiger partial charge is 0.343 e. The van der Waals surface area contributed by atoms with Crippen LogP contribution in [0.15, 0.2) is 110 Å². The molecule has 0 fully saturated rings. The molecule has 198 valence electrons. The highest BCUT2D eigenvalue weighted by atomic mass is 32.1. The van der Waals surface area contributed by atoms with Gasteiger partial charge < -0.3 is 14.5 Å². The molecule has 41 heavy (non-hydrogen) atoms. The average molecular weight is 554 g/mol. The number of H-pyrrole nitrogens is 2. The molecular formula is C31H23N9S. The van der Waals surface area contributed by atoms with E-state index in [1.54, 1.807) is 36.5 Å². The Balaban J connectivity index is 0.000000135. The lowest BCUT2D eigenvalue weighted by Crippen LogP contribution is -1.91. The predicted octanol–water partition coefficient (Wildman–Crippen LogP) is 6.77. The number of rotatable bonds is 4. The topological polar surface area (TPSA) is 114 Å². The van der Waals surface area contributed by atoms with E-state index in [1.807, 2.05) is 60.5 Å². The van der Waals surface area contributed by atoms with Crippen LogP contribution in [0.25, 0.3) is 65.7 Å². The molecule has 0 radical (unpaired) electrons. The van der Waals surface area contributed by atoms with E-state index in [2.05, 4.69) is 76.3 Å². The maximum absolute atomic E-state index is 4.54. The van der Waals surface area contributed by atoms with Crippen LogP contribution < -0.4 is 0 Å². The lowest BCUT2D eigenvalue weighted by atomic mass is 10.1. The Bertz CT molecular complexity index is 2000. The Kier molecular flexibility index (Phi) is 6.34. The zero-order valence-corrected chi connectivity index (χ0v) is 22.7. The summed E-state index contributed by atoms with van der Waals surface area (Å²) in [5, 5.41) is 0.993. The molecule has 0 amide bonds. The van der Waals surface area contributed by atoms with Crippen molar-refractivity contribution in [2.75, 3.05) is 0 Å². The van der Waals surface area contributed by atoms with Crippen LogP contribution in [0.5, 0.6) is 0 Å². The monoisotopic (exact) mass is 553 g/mol. The predicted molar refractivity (Wildman–Crippen MR) is 162 cm³/mol. The van der Waals surface area contributed by atoms with Crippen LogP contribution in [-0.4, -0.2) is 44.4 Å². The van der Waals surface area contributed by atoms with Gasteiger partial charge in [0.1, 0.15) is 18.3 Å². The van der Waals surface area contributed by atoms with Crippen molar-refractivity contribution in [3.63, 3.8) is 0 Å². The first kappa shape index (κ1) is 24.6. The van der Waals surface area contributed by atoms with Gasteiger partial charge in [0.25, 0.3) is 0 Å². The number of hydrogen-bond acceptors (Lipinski definition) is 7. The van der Waals surface area contributed by atoms with Gasteiger partial charge in [-0.2, -0.15) is 0 Å². The first-order valence-electron chi connectivity index (χ1n) is 12.9. The fourth-order valence-corrected chi connectivity index (χ4v) is 5.75. The van der Waals surface area contributed by atoms with Crippen molar-refractivity contribution >= 4 is 32.6 Å². The fourth-order valence-electron chi connectivity index (χ4n) is 4.76. The van der Waals surface area contributed by atoms with E-state index < -0.39 is 0 Å². The Morgan fingerprint density at radius 2 is 1.49 bits per heavy atom. The summed E-state index contributed by atoms with van der Waals surface area (Å²) in [6, 6.07) is 24.5. The summed E-state index contributed by atoms with van der Waals surface area (Å²) in [4.78, 5) is 33.3. The van der Waals surface area contributed by atoms with Crippen LogP contribution >= 0.6 is 11.3 Å². The molecule has 0 saturated carbocycles. The highest BCUT2D eigenvalue weighted by Crippen LogP contribution is 2.36. The fraction of sp³-hybridized carbons (Fsp3) is 0.0323. The molecule has 9 nitrogen and oxygen atoms in total. The minimum atomic E-state index is 0.834. The second-order valence-corrected chi connectivity index (χ2v) is 10.4. The molecule has 0 aliphatic heterocycles. The summed E-state index contributed by atoms with van der Waals surface area (Å²) in [7, 11) is 1.99. The zero-order valence-electron chi connectivity index (χ0n) is 21.9. The third-order valence-electron chi connectivity index (χ3n) is 6.66. The van der Waals surface area contributed by atoms with Crippen molar-refractivity contribution in [1.82, 2.24) is 44.4 Å². The van der Waals surface area contributed by atoms with E-state index in [-0.39, 0.29) is 0 Å². The van der Waals surface area contributed by atoms with Gasteiger partial charge in [0.15, 0.2) is 0 Å². The van der Waals surface area contributed by atoms with Crippen molar-refractivity contribution in [1.29, 1.82) is 0 Å². The molecule has 6 heterocycles. The number of hydrogen-bond donors (Lipinski definition) is 2. The molecule has 0 unspecified atom stereocenters. The van der Waals surface area contributed by atoms with Crippen LogP contribution in [0.4, 0.5) is 0 Å². The lowest BCUT2D eigenvalue weighted by molar-refractivity contribution is 0.918. The van der Waals surface area contributed by atoms with Crippen LogP contribution in [-0.2, 0) is 7.05 Å². The maximum atomic E-state index is 4.54. The van der Waals surface area contributed by atoms with Gasteiger partial charge in [0.05, 0.1) is 56.2 Å². The van der Waals surface area contributed by atoms with Crippen molar-refractivity contribution < 1.29 is 0 Å². The van der Waals surface area contributed by atoms with Crippen LogP contribution in [0.1, 0.15) is 0 Å². The highest BCUT2D eigenvalue weighted by Gasteiger charge is 2.16. The normalized spacial score (nSPS) is 11.0. The first-order chi connectivity index (χ1) is 20.2. The number of aromatic amines is 2. The molecule has 8 rings (SSSR count). The molecular weight excluding hydrogens is 530 g/mol. The van der Waals surface area contributed by atoms with Gasteiger partial charge in [-0.1, -0.05) is 60.7 Å². The van der Waals surface area contributed by atoms with Crippen molar-refractivity contribution in [3.05, 3.63) is 110 Å². The van der Waals surface area contributed by atoms with Gasteiger partial charge in [-0.05, 0) is 12.1 Å². The number of imidazole rings is 2. The number of aryl methyl sites for hydroxylation is 1. The molecule has 0 aliphatic carbocycles. The van der Waals surface area contributed by atoms with E-state index in [9.17, 15) is 0 Å². The third-order valence-corrected chi connectivity index (χ3v) is 7.74. The molecule has 0 atom stereocenters. The standard InChI is InChI=1S/C16H13N5.C15H10N4S/c1-21-10-19-14(11-5-3-2-4-6-11)15(21)13-7-12-8-17-9-18-16(12)20-13;1-2-4-10(5-3-1)14-15(19-9-18-14)12-6-11-13(20-12)7-16-8-17-11/h2-10H,1H3,(H,17,18,20);1-9H,(H,18,19). The van der Waals surface area contributed by atoms with Crippen LogP contribution in [0, 0.1) is 0 Å². The van der Waals surface area contributed by atoms with Gasteiger partial charge in [0.2, 0.25) is 0 Å². The quantitative estimate of drug-likeness (QED) is 0.249. The van der Waals surface area contributed by atoms with Crippen molar-refractivity contribution in [2.24, 2.45) is 7.05 Å². The third kappa shape index (κ3) is 4.77. The zero-order chi connectivity index (χ0) is 27.6.